The minimum Gasteiger partial charge on any atom is -0.355 e. The maximum atomic E-state index is 12.7. The van der Waals surface area contributed by atoms with E-state index < -0.39 is 0 Å². The van der Waals surface area contributed by atoms with E-state index in [1.165, 1.54) is 19.3 Å². The van der Waals surface area contributed by atoms with Gasteiger partial charge in [-0.2, -0.15) is 0 Å². The maximum absolute atomic E-state index is 12.7. The predicted octanol–water partition coefficient (Wildman–Crippen LogP) is 1.15. The molecule has 156 valence electrons. The van der Waals surface area contributed by atoms with Crippen LogP contribution in [0.1, 0.15) is 32.1 Å². The van der Waals surface area contributed by atoms with Crippen molar-refractivity contribution in [1.29, 1.82) is 0 Å². The number of hydrogen-bond donors (Lipinski definition) is 1. The van der Waals surface area contributed by atoms with E-state index in [9.17, 15) is 9.59 Å². The minimum atomic E-state index is -0.138. The Morgan fingerprint density at radius 3 is 2.69 bits per heavy atom. The average Bonchev–Trinajstić information content (AvgIpc) is 2.77. The highest BCUT2D eigenvalue weighted by molar-refractivity contribution is 5.79. The molecular formula is C21H30N6O2. The van der Waals surface area contributed by atoms with Crippen LogP contribution in [0.3, 0.4) is 0 Å². The lowest BCUT2D eigenvalue weighted by atomic mass is 9.96. The van der Waals surface area contributed by atoms with Crippen LogP contribution < -0.4 is 15.8 Å². The molecule has 0 atom stereocenters. The van der Waals surface area contributed by atoms with E-state index in [1.54, 1.807) is 17.8 Å². The maximum Gasteiger partial charge on any atom is 0.294 e. The molecule has 2 aromatic rings. The zero-order valence-corrected chi connectivity index (χ0v) is 17.1. The fourth-order valence-electron chi connectivity index (χ4n) is 4.37. The van der Waals surface area contributed by atoms with Gasteiger partial charge in [-0.3, -0.25) is 14.2 Å². The van der Waals surface area contributed by atoms with Crippen molar-refractivity contribution in [2.75, 3.05) is 44.2 Å². The molecule has 29 heavy (non-hydrogen) atoms. The molecule has 1 amide bonds. The quantitative estimate of drug-likeness (QED) is 0.813. The molecule has 4 heterocycles. The number of nitrogens with zero attached hydrogens (tertiary/aromatic N) is 5. The summed E-state index contributed by atoms with van der Waals surface area (Å²) in [5.74, 6) is 0.612. The number of amides is 1. The summed E-state index contributed by atoms with van der Waals surface area (Å²) in [6.45, 7) is 5.29. The summed E-state index contributed by atoms with van der Waals surface area (Å²) in [5.41, 5.74) is 1.16. The summed E-state index contributed by atoms with van der Waals surface area (Å²) in [4.78, 5) is 38.5. The Morgan fingerprint density at radius 2 is 1.93 bits per heavy atom. The number of aromatic nitrogens is 3. The first-order chi connectivity index (χ1) is 14.1. The molecule has 2 aromatic heterocycles. The molecule has 0 spiro atoms. The summed E-state index contributed by atoms with van der Waals surface area (Å²) in [5, 5.41) is 3.11. The van der Waals surface area contributed by atoms with Crippen LogP contribution in [0.2, 0.25) is 0 Å². The van der Waals surface area contributed by atoms with E-state index in [1.807, 2.05) is 17.0 Å². The number of carbonyl (C=O) groups excluding carboxylic acids is 1. The van der Waals surface area contributed by atoms with Crippen LogP contribution in [0, 0.1) is 5.92 Å². The summed E-state index contributed by atoms with van der Waals surface area (Å²) in [7, 11) is 1.73. The summed E-state index contributed by atoms with van der Waals surface area (Å²) >= 11 is 0. The Balaban J connectivity index is 1.32. The molecule has 0 aromatic carbocycles. The third kappa shape index (κ3) is 4.42. The average molecular weight is 399 g/mol. The van der Waals surface area contributed by atoms with Gasteiger partial charge in [0, 0.05) is 45.3 Å². The van der Waals surface area contributed by atoms with Crippen LogP contribution in [0.5, 0.6) is 0 Å². The van der Waals surface area contributed by atoms with Crippen LogP contribution in [0.15, 0.2) is 23.1 Å². The van der Waals surface area contributed by atoms with Gasteiger partial charge < -0.3 is 15.1 Å². The number of carbonyl (C=O) groups is 1. The summed E-state index contributed by atoms with van der Waals surface area (Å²) in [6, 6.07) is 3.69. The number of anilines is 1. The van der Waals surface area contributed by atoms with E-state index in [-0.39, 0.29) is 17.4 Å². The molecule has 8 nitrogen and oxygen atoms in total. The lowest BCUT2D eigenvalue weighted by molar-refractivity contribution is -0.125. The van der Waals surface area contributed by atoms with Gasteiger partial charge in [0.25, 0.3) is 5.56 Å². The van der Waals surface area contributed by atoms with Crippen molar-refractivity contribution in [3.8, 4) is 0 Å². The molecule has 0 bridgehead atoms. The van der Waals surface area contributed by atoms with Crippen LogP contribution in [-0.2, 0) is 11.8 Å². The Bertz CT molecular complexity index is 913. The second-order valence-electron chi connectivity index (χ2n) is 8.10. The Morgan fingerprint density at radius 1 is 1.17 bits per heavy atom. The van der Waals surface area contributed by atoms with Crippen molar-refractivity contribution >= 4 is 22.9 Å². The molecule has 0 saturated carbocycles. The first-order valence-corrected chi connectivity index (χ1v) is 10.7. The van der Waals surface area contributed by atoms with E-state index in [4.69, 9.17) is 0 Å². The van der Waals surface area contributed by atoms with E-state index in [2.05, 4.69) is 20.2 Å². The molecule has 4 rings (SSSR count). The Labute approximate surface area is 170 Å². The lowest BCUT2D eigenvalue weighted by Crippen LogP contribution is -2.44. The molecule has 2 saturated heterocycles. The van der Waals surface area contributed by atoms with Gasteiger partial charge in [-0.1, -0.05) is 6.42 Å². The highest BCUT2D eigenvalue weighted by Gasteiger charge is 2.27. The standard InChI is InChI=1S/C21H30N6O2/c1-25-18-17(6-5-9-22-18)24-19(21(25)29)27-13-7-16(8-14-27)20(28)23-10-15-26-11-3-2-4-12-26/h5-6,9,16H,2-4,7-8,10-15H2,1H3,(H,23,28). The van der Waals surface area contributed by atoms with Crippen molar-refractivity contribution in [2.45, 2.75) is 32.1 Å². The van der Waals surface area contributed by atoms with Gasteiger partial charge in [-0.05, 0) is 50.9 Å². The third-order valence-corrected chi connectivity index (χ3v) is 6.15. The van der Waals surface area contributed by atoms with Crippen molar-refractivity contribution in [3.05, 3.63) is 28.7 Å². The second kappa shape index (κ2) is 8.90. The Hall–Kier alpha value is -2.48. The van der Waals surface area contributed by atoms with Gasteiger partial charge in [-0.15, -0.1) is 0 Å². The van der Waals surface area contributed by atoms with Crippen LogP contribution >= 0.6 is 0 Å². The van der Waals surface area contributed by atoms with E-state index >= 15 is 0 Å². The molecule has 0 aliphatic carbocycles. The zero-order valence-electron chi connectivity index (χ0n) is 17.1. The number of likely N-dealkylation sites (tertiary alicyclic amines) is 1. The van der Waals surface area contributed by atoms with Crippen molar-refractivity contribution < 1.29 is 4.79 Å². The Kier molecular flexibility index (Phi) is 6.08. The number of fused-ring (bicyclic) bond motifs is 1. The number of hydrogen-bond acceptors (Lipinski definition) is 6. The molecule has 8 heteroatoms. The van der Waals surface area contributed by atoms with Gasteiger partial charge in [0.2, 0.25) is 5.91 Å². The van der Waals surface area contributed by atoms with E-state index in [0.29, 0.717) is 30.1 Å². The summed E-state index contributed by atoms with van der Waals surface area (Å²) < 4.78 is 1.55. The number of piperidine rings is 2. The first kappa shape index (κ1) is 19.8. The second-order valence-corrected chi connectivity index (χ2v) is 8.10. The predicted molar refractivity (Wildman–Crippen MR) is 113 cm³/mol. The van der Waals surface area contributed by atoms with Crippen molar-refractivity contribution in [2.24, 2.45) is 13.0 Å². The minimum absolute atomic E-state index is 0.0126. The molecule has 2 aliphatic heterocycles. The normalized spacial score (nSPS) is 18.9. The molecular weight excluding hydrogens is 368 g/mol. The SMILES string of the molecule is Cn1c(=O)c(N2CCC(C(=O)NCCN3CCCCC3)CC2)nc2cccnc21. The largest absolute Gasteiger partial charge is 0.355 e. The monoisotopic (exact) mass is 398 g/mol. The van der Waals surface area contributed by atoms with E-state index in [0.717, 1.165) is 39.0 Å². The van der Waals surface area contributed by atoms with Gasteiger partial charge in [0.15, 0.2) is 11.5 Å². The highest BCUT2D eigenvalue weighted by Crippen LogP contribution is 2.21. The number of nitrogens with one attached hydrogen (secondary N) is 1. The first-order valence-electron chi connectivity index (χ1n) is 10.7. The third-order valence-electron chi connectivity index (χ3n) is 6.15. The number of pyridine rings is 1. The number of rotatable bonds is 5. The van der Waals surface area contributed by atoms with Crippen LogP contribution in [0.25, 0.3) is 11.2 Å². The molecule has 0 unspecified atom stereocenters. The van der Waals surface area contributed by atoms with Crippen molar-refractivity contribution in [1.82, 2.24) is 24.8 Å². The van der Waals surface area contributed by atoms with Gasteiger partial charge in [0.05, 0.1) is 0 Å². The summed E-state index contributed by atoms with van der Waals surface area (Å²) in [6.07, 6.45) is 7.01. The van der Waals surface area contributed by atoms with Gasteiger partial charge in [-0.25, -0.2) is 9.97 Å². The van der Waals surface area contributed by atoms with Crippen molar-refractivity contribution in [3.63, 3.8) is 0 Å². The molecule has 1 N–H and O–H groups in total. The zero-order chi connectivity index (χ0) is 20.2. The lowest BCUT2D eigenvalue weighted by Gasteiger charge is -2.32. The molecule has 0 radical (unpaired) electrons. The fraction of sp³-hybridized carbons (Fsp3) is 0.619. The van der Waals surface area contributed by atoms with Crippen LogP contribution in [0.4, 0.5) is 5.82 Å². The van der Waals surface area contributed by atoms with Gasteiger partial charge >= 0.3 is 0 Å². The number of aryl methyl sites for hydroxylation is 1. The topological polar surface area (TPSA) is 83.4 Å². The smallest absolute Gasteiger partial charge is 0.294 e. The highest BCUT2D eigenvalue weighted by atomic mass is 16.2. The molecule has 2 fully saturated rings. The fourth-order valence-corrected chi connectivity index (χ4v) is 4.37. The van der Waals surface area contributed by atoms with Crippen LogP contribution in [-0.4, -0.2) is 64.6 Å². The van der Waals surface area contributed by atoms with Gasteiger partial charge in [0.1, 0.15) is 5.52 Å². The molecule has 2 aliphatic rings.